The van der Waals surface area contributed by atoms with Crippen molar-refractivity contribution in [1.82, 2.24) is 4.98 Å². The summed E-state index contributed by atoms with van der Waals surface area (Å²) in [5, 5.41) is -1.54. The van der Waals surface area contributed by atoms with Gasteiger partial charge >= 0.3 is 0 Å². The van der Waals surface area contributed by atoms with Crippen LogP contribution >= 0.6 is 10.7 Å². The second-order valence-corrected chi connectivity index (χ2v) is 4.87. The minimum Gasteiger partial charge on any atom is -0.231 e. The predicted octanol–water partition coefficient (Wildman–Crippen LogP) is 2.22. The van der Waals surface area contributed by atoms with E-state index in [1.165, 1.54) is 0 Å². The first kappa shape index (κ1) is 12.2. The molecule has 1 heterocycles. The van der Waals surface area contributed by atoms with Crippen LogP contribution < -0.4 is 0 Å². The molecule has 0 aliphatic rings. The molecule has 3 nitrogen and oxygen atoms in total. The molecule has 0 N–H and O–H groups in total. The first-order valence-corrected chi connectivity index (χ1v) is 5.63. The Morgan fingerprint density at radius 1 is 1.33 bits per heavy atom. The van der Waals surface area contributed by atoms with Gasteiger partial charge in [-0.05, 0) is 0 Å². The molecule has 0 unspecified atom stereocenters. The lowest BCUT2D eigenvalue weighted by atomic mass is 10.3. The summed E-state index contributed by atoms with van der Waals surface area (Å²) in [5.74, 6) is -3.63. The fourth-order valence-corrected chi connectivity index (χ4v) is 1.60. The number of hydrogen-bond donors (Lipinski definition) is 0. The van der Waals surface area contributed by atoms with Crippen LogP contribution in [0.1, 0.15) is 12.1 Å². The molecule has 0 atom stereocenters. The van der Waals surface area contributed by atoms with Gasteiger partial charge in [0.05, 0.1) is 0 Å². The quantitative estimate of drug-likeness (QED) is 0.607. The van der Waals surface area contributed by atoms with E-state index in [0.717, 1.165) is 0 Å². The van der Waals surface area contributed by atoms with Gasteiger partial charge in [-0.2, -0.15) is 0 Å². The summed E-state index contributed by atoms with van der Waals surface area (Å²) < 4.78 is 70.8. The average molecular weight is 264 g/mol. The molecule has 1 aromatic rings. The number of nitrogens with zero attached hydrogens (tertiary/aromatic N) is 1. The Kier molecular flexibility index (Phi) is 3.19. The van der Waals surface area contributed by atoms with Gasteiger partial charge in [-0.15, -0.1) is 0 Å². The Labute approximate surface area is 86.1 Å². The van der Waals surface area contributed by atoms with Crippen LogP contribution in [0.4, 0.5) is 17.6 Å². The zero-order valence-corrected chi connectivity index (χ0v) is 8.29. The number of hydrogen-bond acceptors (Lipinski definition) is 3. The monoisotopic (exact) mass is 263 g/mol. The molecule has 0 bridgehead atoms. The van der Waals surface area contributed by atoms with Crippen molar-refractivity contribution in [3.05, 3.63) is 23.4 Å². The highest BCUT2D eigenvalue weighted by molar-refractivity contribution is 8.13. The van der Waals surface area contributed by atoms with Crippen molar-refractivity contribution >= 4 is 19.7 Å². The normalized spacial score (nSPS) is 12.1. The van der Waals surface area contributed by atoms with Gasteiger partial charge in [-0.3, -0.25) is 0 Å². The van der Waals surface area contributed by atoms with Gasteiger partial charge in [0.1, 0.15) is 5.69 Å². The SMILES string of the molecule is O=S(=O)(Cl)c1nc(C(F)F)cc(F)c1F. The van der Waals surface area contributed by atoms with E-state index in [2.05, 4.69) is 15.7 Å². The van der Waals surface area contributed by atoms with Gasteiger partial charge in [-0.1, -0.05) is 0 Å². The molecule has 0 aromatic carbocycles. The molecule has 0 fully saturated rings. The highest BCUT2D eigenvalue weighted by atomic mass is 35.7. The van der Waals surface area contributed by atoms with Crippen molar-refractivity contribution in [1.29, 1.82) is 0 Å². The summed E-state index contributed by atoms with van der Waals surface area (Å²) in [5.41, 5.74) is -1.20. The van der Waals surface area contributed by atoms with Crippen molar-refractivity contribution in [2.75, 3.05) is 0 Å². The minimum absolute atomic E-state index is 0.103. The van der Waals surface area contributed by atoms with E-state index >= 15 is 0 Å². The summed E-state index contributed by atoms with van der Waals surface area (Å²) in [7, 11) is -0.0286. The minimum atomic E-state index is -4.70. The highest BCUT2D eigenvalue weighted by Gasteiger charge is 2.25. The molecule has 1 aromatic heterocycles. The molecule has 0 saturated heterocycles. The molecule has 0 saturated carbocycles. The zero-order chi connectivity index (χ0) is 11.8. The second kappa shape index (κ2) is 3.93. The summed E-state index contributed by atoms with van der Waals surface area (Å²) in [6.07, 6.45) is -3.22. The van der Waals surface area contributed by atoms with E-state index in [-0.39, 0.29) is 6.07 Å². The van der Waals surface area contributed by atoms with Crippen molar-refractivity contribution in [3.8, 4) is 0 Å². The Morgan fingerprint density at radius 2 is 1.87 bits per heavy atom. The van der Waals surface area contributed by atoms with Crippen LogP contribution in [-0.4, -0.2) is 13.4 Å². The van der Waals surface area contributed by atoms with E-state index in [9.17, 15) is 26.0 Å². The predicted molar refractivity (Wildman–Crippen MR) is 42.1 cm³/mol. The van der Waals surface area contributed by atoms with E-state index in [1.54, 1.807) is 0 Å². The van der Waals surface area contributed by atoms with E-state index < -0.39 is 37.8 Å². The van der Waals surface area contributed by atoms with Gasteiger partial charge in [-0.25, -0.2) is 31.0 Å². The topological polar surface area (TPSA) is 47.0 Å². The third-order valence-electron chi connectivity index (χ3n) is 1.36. The third-order valence-corrected chi connectivity index (χ3v) is 2.53. The molecule has 0 radical (unpaired) electrons. The van der Waals surface area contributed by atoms with Crippen molar-refractivity contribution in [2.24, 2.45) is 0 Å². The number of pyridine rings is 1. The van der Waals surface area contributed by atoms with E-state index in [4.69, 9.17) is 0 Å². The number of halogens is 5. The molecular formula is C6H2ClF4NO2S. The van der Waals surface area contributed by atoms with Gasteiger partial charge in [0.2, 0.25) is 5.03 Å². The lowest BCUT2D eigenvalue weighted by molar-refractivity contribution is 0.144. The van der Waals surface area contributed by atoms with E-state index in [0.29, 0.717) is 0 Å². The molecule has 0 aliphatic carbocycles. The van der Waals surface area contributed by atoms with Gasteiger partial charge in [0.25, 0.3) is 15.5 Å². The Balaban J connectivity index is 3.52. The smallest absolute Gasteiger partial charge is 0.231 e. The molecule has 1 rings (SSSR count). The number of aromatic nitrogens is 1. The maximum Gasteiger partial charge on any atom is 0.281 e. The fraction of sp³-hybridized carbons (Fsp3) is 0.167. The first-order chi connectivity index (χ1) is 6.73. The van der Waals surface area contributed by atoms with Gasteiger partial charge < -0.3 is 0 Å². The van der Waals surface area contributed by atoms with E-state index in [1.807, 2.05) is 0 Å². The number of rotatable bonds is 2. The first-order valence-electron chi connectivity index (χ1n) is 3.32. The maximum absolute atomic E-state index is 12.8. The molecule has 15 heavy (non-hydrogen) atoms. The number of alkyl halides is 2. The van der Waals surface area contributed by atoms with Gasteiger partial charge in [0.15, 0.2) is 11.6 Å². The highest BCUT2D eigenvalue weighted by Crippen LogP contribution is 2.24. The lowest BCUT2D eigenvalue weighted by Crippen LogP contribution is -2.06. The van der Waals surface area contributed by atoms with Crippen LogP contribution in [0.25, 0.3) is 0 Å². The lowest BCUT2D eigenvalue weighted by Gasteiger charge is -2.03. The maximum atomic E-state index is 12.8. The van der Waals surface area contributed by atoms with Crippen molar-refractivity contribution in [2.45, 2.75) is 11.5 Å². The Hall–Kier alpha value is -0.890. The van der Waals surface area contributed by atoms with Crippen LogP contribution in [-0.2, 0) is 9.05 Å². The average Bonchev–Trinajstić information content (AvgIpc) is 2.06. The molecule has 0 aliphatic heterocycles. The summed E-state index contributed by atoms with van der Waals surface area (Å²) in [6, 6.07) is 0.103. The molecule has 9 heteroatoms. The van der Waals surface area contributed by atoms with Crippen LogP contribution in [0.5, 0.6) is 0 Å². The standard InChI is InChI=1S/C6H2ClF4NO2S/c7-15(13,14)6-4(9)2(8)1-3(12-6)5(10)11/h1,5H. The molecule has 0 amide bonds. The van der Waals surface area contributed by atoms with Gasteiger partial charge in [0, 0.05) is 16.7 Å². The van der Waals surface area contributed by atoms with Crippen molar-refractivity contribution in [3.63, 3.8) is 0 Å². The summed E-state index contributed by atoms with van der Waals surface area (Å²) in [4.78, 5) is 2.72. The van der Waals surface area contributed by atoms with Crippen LogP contribution in [0.15, 0.2) is 11.1 Å². The molecule has 84 valence electrons. The van der Waals surface area contributed by atoms with Crippen LogP contribution in [0, 0.1) is 11.6 Å². The van der Waals surface area contributed by atoms with Crippen molar-refractivity contribution < 1.29 is 26.0 Å². The summed E-state index contributed by atoms with van der Waals surface area (Å²) in [6.45, 7) is 0. The molecular weight excluding hydrogens is 262 g/mol. The fourth-order valence-electron chi connectivity index (χ4n) is 0.767. The Morgan fingerprint density at radius 3 is 2.27 bits per heavy atom. The third kappa shape index (κ3) is 2.57. The molecule has 0 spiro atoms. The van der Waals surface area contributed by atoms with Crippen LogP contribution in [0.2, 0.25) is 0 Å². The summed E-state index contributed by atoms with van der Waals surface area (Å²) >= 11 is 0. The largest absolute Gasteiger partial charge is 0.281 e. The van der Waals surface area contributed by atoms with Crippen LogP contribution in [0.3, 0.4) is 0 Å². The second-order valence-electron chi connectivity index (χ2n) is 2.39. The zero-order valence-electron chi connectivity index (χ0n) is 6.72. The Bertz CT molecular complexity index is 490.